The van der Waals surface area contributed by atoms with Crippen molar-refractivity contribution in [3.63, 3.8) is 0 Å². The van der Waals surface area contributed by atoms with Gasteiger partial charge in [-0.2, -0.15) is 0 Å². The molecular formula is C57H42N4O. The lowest BCUT2D eigenvalue weighted by molar-refractivity contribution is 0.477. The first-order valence-electron chi connectivity index (χ1n) is 21.1. The van der Waals surface area contributed by atoms with E-state index in [1.807, 2.05) is 42.6 Å². The average molecular weight is 799 g/mol. The summed E-state index contributed by atoms with van der Waals surface area (Å²) in [6.07, 6.45) is 1.92. The van der Waals surface area contributed by atoms with Crippen LogP contribution in [0.3, 0.4) is 0 Å². The van der Waals surface area contributed by atoms with Crippen LogP contribution in [0.15, 0.2) is 212 Å². The number of hydrogen-bond acceptors (Lipinski definition) is 3. The van der Waals surface area contributed by atoms with E-state index in [9.17, 15) is 5.11 Å². The average Bonchev–Trinajstić information content (AvgIpc) is 3.89. The summed E-state index contributed by atoms with van der Waals surface area (Å²) in [5, 5.41) is 13.5. The minimum Gasteiger partial charge on any atom is -0.507 e. The van der Waals surface area contributed by atoms with Crippen molar-refractivity contribution in [3.8, 4) is 62.0 Å². The van der Waals surface area contributed by atoms with E-state index in [1.54, 1.807) is 6.07 Å². The Morgan fingerprint density at radius 3 is 1.81 bits per heavy atom. The standard InChI is InChI=1S/C57H42N4O/c1-57(2,41-17-6-3-7-18-41)42-31-29-38(30-32-42)39-33-34-58-50(37-39)40-35-48-45-23-12-14-26-51(45)60(43-19-8-4-9-20-43)55(48)49(36-40)46-25-16-27-52-54(46)59-56(47-24-13-15-28-53(47)62)61(52)44-21-10-5-11-22-44/h3-37,62H,1-2H3. The molecule has 5 nitrogen and oxygen atoms in total. The van der Waals surface area contributed by atoms with Crippen molar-refractivity contribution in [2.24, 2.45) is 0 Å². The van der Waals surface area contributed by atoms with Gasteiger partial charge in [-0.3, -0.25) is 9.55 Å². The Labute approximate surface area is 360 Å². The van der Waals surface area contributed by atoms with Gasteiger partial charge in [0.2, 0.25) is 0 Å². The van der Waals surface area contributed by atoms with Crippen LogP contribution in [0.25, 0.3) is 89.1 Å². The molecule has 0 unspecified atom stereocenters. The SMILES string of the molecule is CC(C)(c1ccccc1)c1ccc(-c2ccnc(-c3cc(-c4cccc5c4nc(-c4ccccc4O)n5-c4ccccc4)c4c(c3)c3ccccc3n4-c3ccccc3)c2)cc1. The Morgan fingerprint density at radius 1 is 0.452 bits per heavy atom. The van der Waals surface area contributed by atoms with Gasteiger partial charge in [-0.25, -0.2) is 4.98 Å². The molecule has 0 aliphatic heterocycles. The van der Waals surface area contributed by atoms with E-state index in [2.05, 4.69) is 187 Å². The lowest BCUT2D eigenvalue weighted by atomic mass is 9.78. The Kier molecular flexibility index (Phi) is 8.90. The molecule has 0 amide bonds. The molecule has 0 atom stereocenters. The van der Waals surface area contributed by atoms with Crippen molar-refractivity contribution in [1.29, 1.82) is 0 Å². The Morgan fingerprint density at radius 2 is 1.06 bits per heavy atom. The number of aromatic nitrogens is 4. The third kappa shape index (κ3) is 6.17. The molecule has 0 saturated heterocycles. The molecule has 3 aromatic heterocycles. The van der Waals surface area contributed by atoms with E-state index < -0.39 is 0 Å². The van der Waals surface area contributed by atoms with Crippen LogP contribution < -0.4 is 0 Å². The number of rotatable bonds is 8. The van der Waals surface area contributed by atoms with Gasteiger partial charge in [0.05, 0.1) is 33.3 Å². The summed E-state index contributed by atoms with van der Waals surface area (Å²) < 4.78 is 4.53. The quantitative estimate of drug-likeness (QED) is 0.167. The summed E-state index contributed by atoms with van der Waals surface area (Å²) in [7, 11) is 0. The third-order valence-electron chi connectivity index (χ3n) is 12.4. The molecule has 0 aliphatic rings. The lowest BCUT2D eigenvalue weighted by Gasteiger charge is -2.26. The molecule has 0 aliphatic carbocycles. The molecule has 11 aromatic rings. The number of nitrogens with zero attached hydrogens (tertiary/aromatic N) is 4. The predicted molar refractivity (Wildman–Crippen MR) is 255 cm³/mol. The lowest BCUT2D eigenvalue weighted by Crippen LogP contribution is -2.18. The summed E-state index contributed by atoms with van der Waals surface area (Å²) in [6, 6.07) is 71.9. The fourth-order valence-electron chi connectivity index (χ4n) is 9.16. The zero-order valence-electron chi connectivity index (χ0n) is 34.4. The van der Waals surface area contributed by atoms with Crippen molar-refractivity contribution in [3.05, 3.63) is 224 Å². The van der Waals surface area contributed by atoms with E-state index in [0.29, 0.717) is 11.4 Å². The molecule has 0 radical (unpaired) electrons. The molecule has 0 bridgehead atoms. The minimum absolute atomic E-state index is 0.129. The van der Waals surface area contributed by atoms with E-state index in [0.717, 1.165) is 77.7 Å². The van der Waals surface area contributed by atoms with Crippen molar-refractivity contribution in [2.45, 2.75) is 19.3 Å². The van der Waals surface area contributed by atoms with Crippen LogP contribution in [0.1, 0.15) is 25.0 Å². The highest BCUT2D eigenvalue weighted by molar-refractivity contribution is 6.17. The smallest absolute Gasteiger partial charge is 0.149 e. The van der Waals surface area contributed by atoms with E-state index in [-0.39, 0.29) is 11.2 Å². The number of phenols is 1. The molecule has 3 heterocycles. The minimum atomic E-state index is -0.129. The highest BCUT2D eigenvalue weighted by atomic mass is 16.3. The molecule has 0 fully saturated rings. The maximum Gasteiger partial charge on any atom is 0.149 e. The van der Waals surface area contributed by atoms with Crippen molar-refractivity contribution < 1.29 is 5.11 Å². The Hall–Kier alpha value is -8.02. The van der Waals surface area contributed by atoms with Crippen LogP contribution in [0.4, 0.5) is 0 Å². The van der Waals surface area contributed by atoms with Gasteiger partial charge in [-0.1, -0.05) is 147 Å². The Bertz CT molecular complexity index is 3420. The molecule has 1 N–H and O–H groups in total. The fourth-order valence-corrected chi connectivity index (χ4v) is 9.16. The van der Waals surface area contributed by atoms with E-state index >= 15 is 0 Å². The van der Waals surface area contributed by atoms with Crippen molar-refractivity contribution >= 4 is 32.8 Å². The summed E-state index contributed by atoms with van der Waals surface area (Å²) in [5.74, 6) is 0.843. The number of fused-ring (bicyclic) bond motifs is 4. The highest BCUT2D eigenvalue weighted by Crippen LogP contribution is 2.44. The van der Waals surface area contributed by atoms with Gasteiger partial charge in [-0.15, -0.1) is 0 Å². The summed E-state index contributed by atoms with van der Waals surface area (Å²) in [4.78, 5) is 10.5. The number of aromatic hydroxyl groups is 1. The molecular weight excluding hydrogens is 757 g/mol. The van der Waals surface area contributed by atoms with Gasteiger partial charge in [0.25, 0.3) is 0 Å². The van der Waals surface area contributed by atoms with Gasteiger partial charge in [0.1, 0.15) is 11.6 Å². The number of imidazole rings is 1. The molecule has 0 spiro atoms. The topological polar surface area (TPSA) is 55.9 Å². The first-order valence-corrected chi connectivity index (χ1v) is 21.1. The number of hydrogen-bond donors (Lipinski definition) is 1. The summed E-state index contributed by atoms with van der Waals surface area (Å²) in [6.45, 7) is 4.56. The van der Waals surface area contributed by atoms with Crippen LogP contribution in [-0.2, 0) is 5.41 Å². The third-order valence-corrected chi connectivity index (χ3v) is 12.4. The maximum absolute atomic E-state index is 11.2. The van der Waals surface area contributed by atoms with E-state index in [4.69, 9.17) is 9.97 Å². The van der Waals surface area contributed by atoms with Gasteiger partial charge >= 0.3 is 0 Å². The molecule has 62 heavy (non-hydrogen) atoms. The second-order valence-electron chi connectivity index (χ2n) is 16.4. The Balaban J connectivity index is 1.15. The number of benzene rings is 8. The van der Waals surface area contributed by atoms with Gasteiger partial charge in [0.15, 0.2) is 0 Å². The van der Waals surface area contributed by atoms with Crippen LogP contribution >= 0.6 is 0 Å². The van der Waals surface area contributed by atoms with Crippen molar-refractivity contribution in [1.82, 2.24) is 19.1 Å². The molecule has 8 aromatic carbocycles. The first-order chi connectivity index (χ1) is 30.4. The number of phenolic OH excluding ortho intramolecular Hbond substituents is 1. The van der Waals surface area contributed by atoms with E-state index in [1.165, 1.54) is 11.1 Å². The molecule has 296 valence electrons. The number of pyridine rings is 1. The molecule has 11 rings (SSSR count). The fraction of sp³-hybridized carbons (Fsp3) is 0.0526. The van der Waals surface area contributed by atoms with Gasteiger partial charge < -0.3 is 9.67 Å². The maximum atomic E-state index is 11.2. The summed E-state index contributed by atoms with van der Waals surface area (Å²) in [5.41, 5.74) is 15.2. The second kappa shape index (κ2) is 14.9. The normalized spacial score (nSPS) is 11.8. The second-order valence-corrected chi connectivity index (χ2v) is 16.4. The largest absolute Gasteiger partial charge is 0.507 e. The molecule has 0 saturated carbocycles. The zero-order valence-corrected chi connectivity index (χ0v) is 34.4. The van der Waals surface area contributed by atoms with Crippen LogP contribution in [0.5, 0.6) is 5.75 Å². The predicted octanol–water partition coefficient (Wildman–Crippen LogP) is 14.2. The van der Waals surface area contributed by atoms with Gasteiger partial charge in [0, 0.05) is 50.4 Å². The first kappa shape index (κ1) is 37.0. The van der Waals surface area contributed by atoms with Gasteiger partial charge in [-0.05, 0) is 95.1 Å². The highest BCUT2D eigenvalue weighted by Gasteiger charge is 2.25. The monoisotopic (exact) mass is 798 g/mol. The van der Waals surface area contributed by atoms with Crippen LogP contribution in [0, 0.1) is 0 Å². The van der Waals surface area contributed by atoms with Crippen LogP contribution in [0.2, 0.25) is 0 Å². The molecule has 5 heteroatoms. The number of para-hydroxylation sites is 5. The van der Waals surface area contributed by atoms with Crippen molar-refractivity contribution in [2.75, 3.05) is 0 Å². The summed E-state index contributed by atoms with van der Waals surface area (Å²) >= 11 is 0. The van der Waals surface area contributed by atoms with Crippen LogP contribution in [-0.4, -0.2) is 24.2 Å². The zero-order chi connectivity index (χ0) is 41.8.